The smallest absolute Gasteiger partial charge is 0.192 e. The van der Waals surface area contributed by atoms with Gasteiger partial charge in [0.15, 0.2) is 9.84 Å². The molecule has 0 aliphatic carbocycles. The van der Waals surface area contributed by atoms with Gasteiger partial charge >= 0.3 is 0 Å². The monoisotopic (exact) mass is 335 g/mol. The van der Waals surface area contributed by atoms with E-state index in [1.165, 1.54) is 30.3 Å². The summed E-state index contributed by atoms with van der Waals surface area (Å²) in [6.45, 7) is 0. The zero-order valence-electron chi connectivity index (χ0n) is 11.3. The Morgan fingerprint density at radius 1 is 1.14 bits per heavy atom. The van der Waals surface area contributed by atoms with Crippen LogP contribution in [0, 0.1) is 17.1 Å². The Balaban J connectivity index is 2.31. The molecule has 0 amide bonds. The van der Waals surface area contributed by atoms with Gasteiger partial charge in [-0.15, -0.1) is 0 Å². The molecule has 2 rings (SSSR count). The van der Waals surface area contributed by atoms with E-state index in [0.29, 0.717) is 16.1 Å². The number of halogens is 2. The summed E-state index contributed by atoms with van der Waals surface area (Å²) in [6, 6.07) is 13.3. The van der Waals surface area contributed by atoms with Crippen LogP contribution in [0.2, 0.25) is 5.02 Å². The van der Waals surface area contributed by atoms with Gasteiger partial charge < -0.3 is 0 Å². The van der Waals surface area contributed by atoms with Gasteiger partial charge in [0.25, 0.3) is 0 Å². The maximum Gasteiger partial charge on any atom is 0.192 e. The summed E-state index contributed by atoms with van der Waals surface area (Å²) in [5.74, 6) is -0.807. The van der Waals surface area contributed by atoms with Crippen molar-refractivity contribution >= 4 is 27.5 Å². The number of hydrogen-bond donors (Lipinski definition) is 0. The molecule has 0 atom stereocenters. The van der Waals surface area contributed by atoms with E-state index in [4.69, 9.17) is 16.9 Å². The minimum Gasteiger partial charge on any atom is -0.223 e. The molecule has 112 valence electrons. The first-order chi connectivity index (χ1) is 10.4. The van der Waals surface area contributed by atoms with Gasteiger partial charge in [0.2, 0.25) is 0 Å². The first kappa shape index (κ1) is 16.2. The van der Waals surface area contributed by atoms with Crippen LogP contribution >= 0.6 is 11.6 Å². The third-order valence-electron chi connectivity index (χ3n) is 2.88. The van der Waals surface area contributed by atoms with Crippen molar-refractivity contribution in [3.8, 4) is 6.07 Å². The molecule has 0 saturated carbocycles. The van der Waals surface area contributed by atoms with Crippen molar-refractivity contribution in [3.63, 3.8) is 0 Å². The van der Waals surface area contributed by atoms with E-state index in [-0.39, 0.29) is 10.7 Å². The van der Waals surface area contributed by atoms with E-state index < -0.39 is 15.7 Å². The molecule has 0 saturated heterocycles. The van der Waals surface area contributed by atoms with E-state index in [0.717, 1.165) is 0 Å². The van der Waals surface area contributed by atoms with Crippen molar-refractivity contribution in [1.29, 1.82) is 5.26 Å². The second-order valence-corrected chi connectivity index (χ2v) is 6.95. The van der Waals surface area contributed by atoms with Crippen molar-refractivity contribution in [2.75, 3.05) is 0 Å². The summed E-state index contributed by atoms with van der Waals surface area (Å²) in [4.78, 5) is -0.348. The highest BCUT2D eigenvalue weighted by molar-refractivity contribution is 7.95. The Hall–Kier alpha value is -2.16. The first-order valence-electron chi connectivity index (χ1n) is 6.25. The lowest BCUT2D eigenvalue weighted by atomic mass is 10.2. The number of nitriles is 1. The van der Waals surface area contributed by atoms with Crippen molar-refractivity contribution in [2.24, 2.45) is 0 Å². The number of hydrogen-bond acceptors (Lipinski definition) is 3. The predicted octanol–water partition coefficient (Wildman–Crippen LogP) is 3.96. The van der Waals surface area contributed by atoms with E-state index in [1.807, 2.05) is 0 Å². The molecule has 0 aliphatic heterocycles. The number of allylic oxidation sites excluding steroid dienone is 1. The molecule has 0 radical (unpaired) electrons. The lowest BCUT2D eigenvalue weighted by Crippen LogP contribution is -2.06. The minimum absolute atomic E-state index is 0.348. The number of rotatable bonds is 4. The first-order valence-corrected chi connectivity index (χ1v) is 8.28. The second-order valence-electron chi connectivity index (χ2n) is 4.56. The summed E-state index contributed by atoms with van der Waals surface area (Å²) in [5.41, 5.74) is 0.974. The van der Waals surface area contributed by atoms with Gasteiger partial charge in [-0.05, 0) is 41.5 Å². The Morgan fingerprint density at radius 3 is 2.27 bits per heavy atom. The molecule has 0 aliphatic rings. The zero-order valence-corrected chi connectivity index (χ0v) is 12.9. The van der Waals surface area contributed by atoms with Crippen LogP contribution in [-0.4, -0.2) is 8.42 Å². The summed E-state index contributed by atoms with van der Waals surface area (Å²) in [6.07, 6.45) is 1.29. The lowest BCUT2D eigenvalue weighted by Gasteiger charge is -2.04. The molecular weight excluding hydrogens is 325 g/mol. The number of nitrogens with zero attached hydrogens (tertiary/aromatic N) is 1. The van der Waals surface area contributed by atoms with E-state index in [9.17, 15) is 12.8 Å². The Kier molecular flexibility index (Phi) is 4.96. The lowest BCUT2D eigenvalue weighted by molar-refractivity contribution is 0.602. The SMILES string of the molecule is N#C/C(=C\c1ccc(Cl)cc1)S(=O)(=O)Cc1ccc(F)cc1. The Labute approximate surface area is 133 Å². The van der Waals surface area contributed by atoms with Crippen molar-refractivity contribution in [3.05, 3.63) is 75.4 Å². The highest BCUT2D eigenvalue weighted by atomic mass is 35.5. The van der Waals surface area contributed by atoms with Crippen LogP contribution in [0.25, 0.3) is 6.08 Å². The van der Waals surface area contributed by atoms with E-state index in [2.05, 4.69) is 0 Å². The van der Waals surface area contributed by atoms with Crippen LogP contribution in [-0.2, 0) is 15.6 Å². The maximum atomic E-state index is 12.8. The third kappa shape index (κ3) is 4.17. The molecule has 0 aromatic heterocycles. The number of sulfone groups is 1. The molecular formula is C16H11ClFNO2S. The average molecular weight is 336 g/mol. The summed E-state index contributed by atoms with van der Waals surface area (Å²) in [5, 5.41) is 9.63. The van der Waals surface area contributed by atoms with Gasteiger partial charge in [-0.2, -0.15) is 5.26 Å². The van der Waals surface area contributed by atoms with Crippen LogP contribution in [0.3, 0.4) is 0 Å². The zero-order chi connectivity index (χ0) is 16.2. The van der Waals surface area contributed by atoms with Gasteiger partial charge in [-0.1, -0.05) is 35.9 Å². The fourth-order valence-corrected chi connectivity index (χ4v) is 3.15. The van der Waals surface area contributed by atoms with E-state index in [1.54, 1.807) is 30.3 Å². The molecule has 0 spiro atoms. The van der Waals surface area contributed by atoms with Crippen LogP contribution in [0.1, 0.15) is 11.1 Å². The molecule has 0 N–H and O–H groups in total. The summed E-state index contributed by atoms with van der Waals surface area (Å²) in [7, 11) is -3.80. The van der Waals surface area contributed by atoms with Crippen molar-refractivity contribution in [2.45, 2.75) is 5.75 Å². The molecule has 6 heteroatoms. The summed E-state index contributed by atoms with van der Waals surface area (Å²) >= 11 is 5.76. The van der Waals surface area contributed by atoms with Gasteiger partial charge in [-0.3, -0.25) is 0 Å². The molecule has 0 fully saturated rings. The second kappa shape index (κ2) is 6.73. The van der Waals surface area contributed by atoms with Crippen LogP contribution in [0.15, 0.2) is 53.4 Å². The molecule has 22 heavy (non-hydrogen) atoms. The fraction of sp³-hybridized carbons (Fsp3) is 0.0625. The van der Waals surface area contributed by atoms with Gasteiger partial charge in [0.05, 0.1) is 5.75 Å². The predicted molar refractivity (Wildman–Crippen MR) is 84.1 cm³/mol. The third-order valence-corrected chi connectivity index (χ3v) is 4.73. The van der Waals surface area contributed by atoms with Crippen LogP contribution < -0.4 is 0 Å². The standard InChI is InChI=1S/C16H11ClFNO2S/c17-14-5-1-12(2-6-14)9-16(10-19)22(20,21)11-13-3-7-15(18)8-4-13/h1-9H,11H2/b16-9+. The van der Waals surface area contributed by atoms with E-state index >= 15 is 0 Å². The van der Waals surface area contributed by atoms with Gasteiger partial charge in [0, 0.05) is 5.02 Å². The largest absolute Gasteiger partial charge is 0.223 e. The maximum absolute atomic E-state index is 12.8. The molecule has 0 heterocycles. The average Bonchev–Trinajstić information content (AvgIpc) is 2.48. The van der Waals surface area contributed by atoms with Crippen molar-refractivity contribution < 1.29 is 12.8 Å². The molecule has 3 nitrogen and oxygen atoms in total. The molecule has 0 bridgehead atoms. The highest BCUT2D eigenvalue weighted by Crippen LogP contribution is 2.19. The van der Waals surface area contributed by atoms with Gasteiger partial charge in [-0.25, -0.2) is 12.8 Å². The minimum atomic E-state index is -3.80. The fourth-order valence-electron chi connectivity index (χ4n) is 1.78. The molecule has 0 unspecified atom stereocenters. The Morgan fingerprint density at radius 2 is 1.73 bits per heavy atom. The van der Waals surface area contributed by atoms with Crippen molar-refractivity contribution in [1.82, 2.24) is 0 Å². The molecule has 2 aromatic carbocycles. The van der Waals surface area contributed by atoms with Gasteiger partial charge in [0.1, 0.15) is 16.8 Å². The summed E-state index contributed by atoms with van der Waals surface area (Å²) < 4.78 is 37.4. The topological polar surface area (TPSA) is 57.9 Å². The quantitative estimate of drug-likeness (QED) is 0.795. The molecule has 2 aromatic rings. The van der Waals surface area contributed by atoms with Crippen LogP contribution in [0.5, 0.6) is 0 Å². The Bertz CT molecular complexity index is 835. The number of benzene rings is 2. The van der Waals surface area contributed by atoms with Crippen LogP contribution in [0.4, 0.5) is 4.39 Å². The highest BCUT2D eigenvalue weighted by Gasteiger charge is 2.18. The normalized spacial score (nSPS) is 12.0.